The van der Waals surface area contributed by atoms with E-state index in [0.717, 1.165) is 70.6 Å². The molecule has 0 saturated carbocycles. The second-order valence-electron chi connectivity index (χ2n) is 18.2. The van der Waals surface area contributed by atoms with Crippen LogP contribution in [0.4, 0.5) is 0 Å². The predicted octanol–water partition coefficient (Wildman–Crippen LogP) is 15.7. The normalized spacial score (nSPS) is 12.7. The van der Waals surface area contributed by atoms with Crippen LogP contribution in [0.25, 0.3) is 0 Å². The van der Waals surface area contributed by atoms with Crippen LogP contribution in [0.3, 0.4) is 0 Å². The van der Waals surface area contributed by atoms with Crippen LogP contribution in [0.5, 0.6) is 0 Å². The van der Waals surface area contributed by atoms with Crippen molar-refractivity contribution in [3.63, 3.8) is 0 Å². The topological polar surface area (TPSA) is 95.9 Å². The molecule has 6 nitrogen and oxygen atoms in total. The Balaban J connectivity index is 3.50. The third-order valence-corrected chi connectivity index (χ3v) is 12.3. The van der Waals surface area contributed by atoms with Gasteiger partial charge in [0.15, 0.2) is 0 Å². The summed E-state index contributed by atoms with van der Waals surface area (Å²) in [5, 5.41) is 23.2. The predicted molar refractivity (Wildman–Crippen MR) is 255 cm³/mol. The highest BCUT2D eigenvalue weighted by molar-refractivity contribution is 5.76. The van der Waals surface area contributed by atoms with Crippen LogP contribution in [0.15, 0.2) is 12.2 Å². The quantitative estimate of drug-likeness (QED) is 0.0322. The van der Waals surface area contributed by atoms with Crippen molar-refractivity contribution in [1.29, 1.82) is 0 Å². The molecule has 0 spiro atoms. The number of allylic oxidation sites excluding steroid dienone is 2. The lowest BCUT2D eigenvalue weighted by Gasteiger charge is -2.22. The third kappa shape index (κ3) is 45.9. The molecule has 0 aromatic heterocycles. The summed E-state index contributed by atoms with van der Waals surface area (Å²) < 4.78 is 5.44. The van der Waals surface area contributed by atoms with Crippen LogP contribution in [0, 0.1) is 0 Å². The van der Waals surface area contributed by atoms with Crippen molar-refractivity contribution in [2.45, 2.75) is 302 Å². The fourth-order valence-electron chi connectivity index (χ4n) is 8.22. The number of unbranched alkanes of at least 4 members (excludes halogenated alkanes) is 36. The van der Waals surface area contributed by atoms with Crippen molar-refractivity contribution in [1.82, 2.24) is 5.32 Å². The van der Waals surface area contributed by atoms with Gasteiger partial charge in [0.25, 0.3) is 0 Å². The number of hydrogen-bond donors (Lipinski definition) is 3. The van der Waals surface area contributed by atoms with Gasteiger partial charge in [-0.05, 0) is 51.4 Å². The minimum atomic E-state index is -0.680. The van der Waals surface area contributed by atoms with Crippen molar-refractivity contribution in [2.75, 3.05) is 13.2 Å². The number of ether oxygens (including phenoxy) is 1. The molecule has 0 rings (SSSR count). The van der Waals surface area contributed by atoms with E-state index >= 15 is 0 Å². The van der Waals surface area contributed by atoms with Crippen LogP contribution in [0.2, 0.25) is 0 Å². The zero-order valence-corrected chi connectivity index (χ0v) is 39.7. The average Bonchev–Trinajstić information content (AvgIpc) is 3.24. The van der Waals surface area contributed by atoms with E-state index in [2.05, 4.69) is 31.3 Å². The Hall–Kier alpha value is -1.40. The molecule has 2 atom stereocenters. The monoisotopic (exact) mass is 834 g/mol. The van der Waals surface area contributed by atoms with Gasteiger partial charge in [-0.2, -0.15) is 0 Å². The van der Waals surface area contributed by atoms with Gasteiger partial charge in [-0.25, -0.2) is 0 Å². The first-order valence-corrected chi connectivity index (χ1v) is 26.4. The summed E-state index contributed by atoms with van der Waals surface area (Å²) in [6.45, 7) is 4.92. The number of amides is 1. The Morgan fingerprint density at radius 2 is 0.797 bits per heavy atom. The maximum Gasteiger partial charge on any atom is 0.305 e. The number of carbonyl (C=O) groups is 2. The van der Waals surface area contributed by atoms with Crippen molar-refractivity contribution in [3.8, 4) is 0 Å². The molecule has 2 unspecified atom stereocenters. The van der Waals surface area contributed by atoms with Gasteiger partial charge < -0.3 is 20.3 Å². The largest absolute Gasteiger partial charge is 0.466 e. The van der Waals surface area contributed by atoms with Gasteiger partial charge in [-0.1, -0.05) is 238 Å². The minimum absolute atomic E-state index is 0.0124. The first-order valence-electron chi connectivity index (χ1n) is 26.4. The maximum atomic E-state index is 12.5. The third-order valence-electron chi connectivity index (χ3n) is 12.3. The van der Waals surface area contributed by atoms with E-state index in [9.17, 15) is 19.8 Å². The van der Waals surface area contributed by atoms with Crippen molar-refractivity contribution >= 4 is 11.9 Å². The van der Waals surface area contributed by atoms with Gasteiger partial charge in [0.05, 0.1) is 25.4 Å². The van der Waals surface area contributed by atoms with E-state index in [1.807, 2.05) is 0 Å². The van der Waals surface area contributed by atoms with E-state index in [-0.39, 0.29) is 18.5 Å². The Kier molecular flexibility index (Phi) is 48.1. The van der Waals surface area contributed by atoms with Crippen LogP contribution in [-0.2, 0) is 14.3 Å². The minimum Gasteiger partial charge on any atom is -0.466 e. The fraction of sp³-hybridized carbons (Fsp3) is 0.925. The molecule has 0 aliphatic heterocycles. The zero-order valence-electron chi connectivity index (χ0n) is 39.7. The van der Waals surface area contributed by atoms with Gasteiger partial charge in [0.2, 0.25) is 5.91 Å². The highest BCUT2D eigenvalue weighted by Gasteiger charge is 2.20. The number of carbonyl (C=O) groups excluding carboxylic acids is 2. The Morgan fingerprint density at radius 3 is 1.22 bits per heavy atom. The lowest BCUT2D eigenvalue weighted by Crippen LogP contribution is -2.45. The van der Waals surface area contributed by atoms with Gasteiger partial charge in [0.1, 0.15) is 0 Å². The first kappa shape index (κ1) is 57.6. The van der Waals surface area contributed by atoms with Crippen LogP contribution in [0.1, 0.15) is 290 Å². The van der Waals surface area contributed by atoms with E-state index < -0.39 is 12.1 Å². The number of nitrogens with one attached hydrogen (secondary N) is 1. The molecule has 6 heteroatoms. The highest BCUT2D eigenvalue weighted by atomic mass is 16.5. The summed E-state index contributed by atoms with van der Waals surface area (Å²) >= 11 is 0. The molecule has 0 aliphatic rings. The molecule has 0 aliphatic carbocycles. The summed E-state index contributed by atoms with van der Waals surface area (Å²) in [6.07, 6.45) is 56.1. The maximum absolute atomic E-state index is 12.5. The molecule has 0 heterocycles. The molecule has 59 heavy (non-hydrogen) atoms. The second-order valence-corrected chi connectivity index (χ2v) is 18.2. The summed E-state index contributed by atoms with van der Waals surface area (Å²) in [5.41, 5.74) is 0. The molecule has 0 bridgehead atoms. The molecular formula is C53H103NO5. The first-order chi connectivity index (χ1) is 29.0. The molecule has 0 aromatic rings. The molecule has 0 fully saturated rings. The number of esters is 1. The van der Waals surface area contributed by atoms with Gasteiger partial charge >= 0.3 is 5.97 Å². The number of aliphatic hydroxyl groups is 2. The summed E-state index contributed by atoms with van der Waals surface area (Å²) in [5.74, 6) is -0.0751. The lowest BCUT2D eigenvalue weighted by molar-refractivity contribution is -0.143. The van der Waals surface area contributed by atoms with Crippen LogP contribution < -0.4 is 5.32 Å². The molecule has 0 saturated heterocycles. The molecule has 0 aromatic carbocycles. The Bertz CT molecular complexity index is 878. The van der Waals surface area contributed by atoms with E-state index in [0.29, 0.717) is 25.9 Å². The Labute approximate surface area is 368 Å². The van der Waals surface area contributed by atoms with E-state index in [1.165, 1.54) is 186 Å². The molecule has 3 N–H and O–H groups in total. The van der Waals surface area contributed by atoms with Crippen LogP contribution in [-0.4, -0.2) is 47.4 Å². The van der Waals surface area contributed by atoms with Gasteiger partial charge in [-0.15, -0.1) is 0 Å². The SMILES string of the molecule is CCCCCCCCCCCCCCCCCCCCC(O)C(CO)NC(=O)CCCCC/C=C\CCCCCCCCOC(=O)CCCCCCCCCCCCC. The van der Waals surface area contributed by atoms with Crippen molar-refractivity contribution in [2.24, 2.45) is 0 Å². The smallest absolute Gasteiger partial charge is 0.305 e. The zero-order chi connectivity index (χ0) is 43.0. The van der Waals surface area contributed by atoms with E-state index in [4.69, 9.17) is 4.74 Å². The molecule has 1 amide bonds. The van der Waals surface area contributed by atoms with Crippen molar-refractivity contribution in [3.05, 3.63) is 12.2 Å². The second kappa shape index (κ2) is 49.3. The molecule has 0 radical (unpaired) electrons. The Morgan fingerprint density at radius 1 is 0.458 bits per heavy atom. The average molecular weight is 834 g/mol. The van der Waals surface area contributed by atoms with Gasteiger partial charge in [-0.3, -0.25) is 9.59 Å². The van der Waals surface area contributed by atoms with Crippen LogP contribution >= 0.6 is 0 Å². The summed E-state index contributed by atoms with van der Waals surface area (Å²) in [7, 11) is 0. The molecule has 350 valence electrons. The standard InChI is InChI=1S/C53H103NO5/c1-3-5-7-9-11-13-15-16-17-18-19-20-22-26-29-33-37-41-45-51(56)50(49-55)54-52(57)46-42-38-34-30-27-23-21-24-28-32-36-40-44-48-59-53(58)47-43-39-35-31-25-14-12-10-8-6-4-2/h23,27,50-51,55-56H,3-22,24-26,28-49H2,1-2H3,(H,54,57)/b27-23-. The summed E-state index contributed by atoms with van der Waals surface area (Å²) in [4.78, 5) is 24.4. The number of aliphatic hydroxyl groups excluding tert-OH is 2. The van der Waals surface area contributed by atoms with Gasteiger partial charge in [0, 0.05) is 12.8 Å². The lowest BCUT2D eigenvalue weighted by atomic mass is 10.0. The molecular weight excluding hydrogens is 731 g/mol. The fourth-order valence-corrected chi connectivity index (χ4v) is 8.22. The number of rotatable bonds is 49. The number of hydrogen-bond acceptors (Lipinski definition) is 5. The van der Waals surface area contributed by atoms with Crippen molar-refractivity contribution < 1.29 is 24.5 Å². The highest BCUT2D eigenvalue weighted by Crippen LogP contribution is 2.17. The summed E-state index contributed by atoms with van der Waals surface area (Å²) in [6, 6.07) is -0.560. The van der Waals surface area contributed by atoms with E-state index in [1.54, 1.807) is 0 Å².